The van der Waals surface area contributed by atoms with E-state index in [1.807, 2.05) is 54.6 Å². The van der Waals surface area contributed by atoms with Crippen molar-refractivity contribution in [3.63, 3.8) is 0 Å². The van der Waals surface area contributed by atoms with Crippen molar-refractivity contribution in [1.29, 1.82) is 0 Å². The third kappa shape index (κ3) is 2.97. The molecule has 3 aromatic rings. The summed E-state index contributed by atoms with van der Waals surface area (Å²) in [5.41, 5.74) is 2.11. The normalized spacial score (nSPS) is 10.2. The van der Waals surface area contributed by atoms with Crippen LogP contribution in [0, 0.1) is 6.92 Å². The third-order valence-electron chi connectivity index (χ3n) is 2.98. The Labute approximate surface area is 126 Å². The summed E-state index contributed by atoms with van der Waals surface area (Å²) >= 11 is -1.29. The average Bonchev–Trinajstić information content (AvgIpc) is 2.49. The van der Waals surface area contributed by atoms with E-state index in [2.05, 4.69) is 11.9 Å². The van der Waals surface area contributed by atoms with Gasteiger partial charge in [0.05, 0.1) is 0 Å². The van der Waals surface area contributed by atoms with Crippen molar-refractivity contribution in [1.82, 2.24) is 4.98 Å². The van der Waals surface area contributed by atoms with Crippen LogP contribution in [-0.2, 0) is 0 Å². The summed E-state index contributed by atoms with van der Waals surface area (Å²) < 4.78 is 11.5. The topological polar surface area (TPSA) is 31.4 Å². The summed E-state index contributed by atoms with van der Waals surface area (Å²) in [7, 11) is 0. The predicted molar refractivity (Wildman–Crippen MR) is 79.9 cm³/mol. The summed E-state index contributed by atoms with van der Waals surface area (Å²) in [6.07, 6.45) is 1.78. The van der Waals surface area contributed by atoms with Crippen LogP contribution in [0.2, 0.25) is 0 Å². The van der Waals surface area contributed by atoms with E-state index in [1.54, 1.807) is 6.20 Å². The molecule has 0 atom stereocenters. The maximum atomic E-state index is 5.82. The van der Waals surface area contributed by atoms with Crippen LogP contribution in [0.15, 0.2) is 60.8 Å². The molecule has 0 spiro atoms. The molecule has 0 N–H and O–H groups in total. The zero-order valence-corrected chi connectivity index (χ0v) is 13.5. The fourth-order valence-electron chi connectivity index (χ4n) is 1.92. The SMILES string of the molecule is Cc1ccc([O][Ga][O]c2cccc3cccnc23)cc1. The van der Waals surface area contributed by atoms with Gasteiger partial charge in [0, 0.05) is 0 Å². The zero-order valence-electron chi connectivity index (χ0n) is 11.1. The van der Waals surface area contributed by atoms with Crippen LogP contribution in [0.1, 0.15) is 5.56 Å². The van der Waals surface area contributed by atoms with Crippen molar-refractivity contribution < 1.29 is 7.06 Å². The number of aryl methyl sites for hydroxylation is 1. The molecule has 0 fully saturated rings. The summed E-state index contributed by atoms with van der Waals surface area (Å²) in [6, 6.07) is 17.9. The van der Waals surface area contributed by atoms with Crippen molar-refractivity contribution in [2.75, 3.05) is 0 Å². The fraction of sp³-hybridized carbons (Fsp3) is 0.0625. The monoisotopic (exact) mass is 320 g/mol. The zero-order chi connectivity index (χ0) is 13.8. The number of para-hydroxylation sites is 1. The molecule has 97 valence electrons. The van der Waals surface area contributed by atoms with E-state index in [-0.39, 0.29) is 0 Å². The Kier molecular flexibility index (Phi) is 3.94. The van der Waals surface area contributed by atoms with Gasteiger partial charge in [0.15, 0.2) is 0 Å². The van der Waals surface area contributed by atoms with Gasteiger partial charge in [-0.25, -0.2) is 0 Å². The molecule has 0 aliphatic heterocycles. The molecule has 0 aliphatic carbocycles. The van der Waals surface area contributed by atoms with Gasteiger partial charge in [-0.2, -0.15) is 0 Å². The second-order valence-electron chi connectivity index (χ2n) is 4.48. The van der Waals surface area contributed by atoms with Gasteiger partial charge < -0.3 is 0 Å². The number of hydrogen-bond acceptors (Lipinski definition) is 3. The van der Waals surface area contributed by atoms with Crippen LogP contribution >= 0.6 is 0 Å². The van der Waals surface area contributed by atoms with Gasteiger partial charge in [-0.15, -0.1) is 0 Å². The molecular formula is C16H13GaNO2. The minimum absolute atomic E-state index is 0.801. The van der Waals surface area contributed by atoms with E-state index in [9.17, 15) is 0 Å². The van der Waals surface area contributed by atoms with Crippen LogP contribution in [0.3, 0.4) is 0 Å². The van der Waals surface area contributed by atoms with Crippen molar-refractivity contribution in [3.05, 3.63) is 66.4 Å². The number of benzene rings is 2. The maximum absolute atomic E-state index is 5.82. The van der Waals surface area contributed by atoms with Crippen LogP contribution in [0.5, 0.6) is 11.5 Å². The number of aromatic nitrogens is 1. The van der Waals surface area contributed by atoms with E-state index >= 15 is 0 Å². The Morgan fingerprint density at radius 3 is 2.55 bits per heavy atom. The Bertz CT molecular complexity index is 708. The fourth-order valence-corrected chi connectivity index (χ4v) is 3.20. The van der Waals surface area contributed by atoms with E-state index < -0.39 is 18.1 Å². The number of hydrogen-bond donors (Lipinski definition) is 0. The quantitative estimate of drug-likeness (QED) is 0.689. The van der Waals surface area contributed by atoms with E-state index in [0.29, 0.717) is 0 Å². The predicted octanol–water partition coefficient (Wildman–Crippen LogP) is 3.54. The minimum atomic E-state index is -1.29. The van der Waals surface area contributed by atoms with Crippen LogP contribution in [0.4, 0.5) is 0 Å². The first kappa shape index (κ1) is 13.1. The molecule has 1 aromatic heterocycles. The molecule has 1 radical (unpaired) electrons. The van der Waals surface area contributed by atoms with Crippen LogP contribution < -0.4 is 7.06 Å². The molecule has 0 amide bonds. The number of pyridine rings is 1. The third-order valence-corrected chi connectivity index (χ3v) is 4.48. The van der Waals surface area contributed by atoms with E-state index in [4.69, 9.17) is 7.06 Å². The molecule has 3 rings (SSSR count). The second-order valence-corrected chi connectivity index (χ2v) is 5.87. The second kappa shape index (κ2) is 6.03. The van der Waals surface area contributed by atoms with Gasteiger partial charge in [-0.05, 0) is 0 Å². The molecule has 0 saturated heterocycles. The Morgan fingerprint density at radius 2 is 1.70 bits per heavy atom. The Balaban J connectivity index is 1.69. The Hall–Kier alpha value is -1.91. The first-order valence-corrected chi connectivity index (χ1v) is 8.36. The van der Waals surface area contributed by atoms with Crippen LogP contribution in [-0.4, -0.2) is 23.1 Å². The van der Waals surface area contributed by atoms with Gasteiger partial charge in [0.2, 0.25) is 0 Å². The van der Waals surface area contributed by atoms with Crippen molar-refractivity contribution in [2.45, 2.75) is 6.92 Å². The summed E-state index contributed by atoms with van der Waals surface area (Å²) in [5, 5.41) is 1.08. The summed E-state index contributed by atoms with van der Waals surface area (Å²) in [5.74, 6) is 1.67. The van der Waals surface area contributed by atoms with Crippen molar-refractivity contribution in [2.24, 2.45) is 0 Å². The van der Waals surface area contributed by atoms with Crippen molar-refractivity contribution >= 4 is 29.0 Å². The first-order valence-electron chi connectivity index (χ1n) is 6.38. The molecule has 4 heteroatoms. The van der Waals surface area contributed by atoms with Gasteiger partial charge in [0.25, 0.3) is 0 Å². The van der Waals surface area contributed by atoms with E-state index in [1.165, 1.54) is 5.56 Å². The molecule has 1 heterocycles. The summed E-state index contributed by atoms with van der Waals surface area (Å²) in [6.45, 7) is 2.06. The molecule has 0 bridgehead atoms. The first-order chi connectivity index (χ1) is 9.83. The van der Waals surface area contributed by atoms with E-state index in [0.717, 1.165) is 22.4 Å². The van der Waals surface area contributed by atoms with Gasteiger partial charge >= 0.3 is 126 Å². The van der Waals surface area contributed by atoms with Gasteiger partial charge in [-0.3, -0.25) is 0 Å². The molecule has 20 heavy (non-hydrogen) atoms. The molecule has 3 nitrogen and oxygen atoms in total. The number of rotatable bonds is 4. The number of nitrogens with zero attached hydrogens (tertiary/aromatic N) is 1. The molecular weight excluding hydrogens is 308 g/mol. The molecule has 2 aromatic carbocycles. The molecule has 0 aliphatic rings. The summed E-state index contributed by atoms with van der Waals surface area (Å²) in [4.78, 5) is 4.36. The van der Waals surface area contributed by atoms with Gasteiger partial charge in [0.1, 0.15) is 0 Å². The average molecular weight is 321 g/mol. The molecule has 0 saturated carbocycles. The van der Waals surface area contributed by atoms with Crippen molar-refractivity contribution in [3.8, 4) is 11.5 Å². The standard InChI is InChI=1S/C9H7NO.C7H8O.Ga/c11-8-5-1-3-7-4-2-6-10-9(7)8;1-6-2-4-7(8)5-3-6;/h1-6,11H;2-5,8H,1H3;/q;;+2/p-2. The van der Waals surface area contributed by atoms with Crippen LogP contribution in [0.25, 0.3) is 10.9 Å². The Morgan fingerprint density at radius 1 is 0.900 bits per heavy atom. The van der Waals surface area contributed by atoms with Gasteiger partial charge in [-0.1, -0.05) is 0 Å². The number of fused-ring (bicyclic) bond motifs is 1. The molecule has 0 unspecified atom stereocenters.